The first-order valence-electron chi connectivity index (χ1n) is 6.93. The molecule has 0 amide bonds. The topological polar surface area (TPSA) is 60.2 Å². The molecule has 0 heterocycles. The second-order valence-corrected chi connectivity index (χ2v) is 5.19. The van der Waals surface area contributed by atoms with Crippen LogP contribution in [0.15, 0.2) is 24.3 Å². The molecule has 4 heteroatoms. The number of para-hydroxylation sites is 1. The molecule has 1 saturated carbocycles. The van der Waals surface area contributed by atoms with E-state index in [1.54, 1.807) is 18.2 Å². The molecule has 0 aliphatic heterocycles. The summed E-state index contributed by atoms with van der Waals surface area (Å²) in [5.74, 6) is 0.599. The van der Waals surface area contributed by atoms with Gasteiger partial charge in [-0.1, -0.05) is 31.0 Å². The zero-order valence-corrected chi connectivity index (χ0v) is 11.0. The third-order valence-electron chi connectivity index (χ3n) is 3.87. The Balaban J connectivity index is 1.85. The molecule has 1 fully saturated rings. The Morgan fingerprint density at radius 3 is 2.63 bits per heavy atom. The maximum Gasteiger partial charge on any atom is 0.272 e. The molecule has 0 spiro atoms. The molecule has 19 heavy (non-hydrogen) atoms. The van der Waals surface area contributed by atoms with Crippen molar-refractivity contribution in [2.24, 2.45) is 5.92 Å². The first-order chi connectivity index (χ1) is 9.18. The number of hydrogen-bond donors (Lipinski definition) is 0. The van der Waals surface area contributed by atoms with E-state index >= 15 is 0 Å². The highest BCUT2D eigenvalue weighted by atomic mass is 16.6. The van der Waals surface area contributed by atoms with Crippen LogP contribution in [-0.2, 0) is 11.2 Å². The summed E-state index contributed by atoms with van der Waals surface area (Å²) in [6.07, 6.45) is 6.27. The van der Waals surface area contributed by atoms with E-state index in [0.29, 0.717) is 25.0 Å². The number of nitrogens with zero attached hydrogens (tertiary/aromatic N) is 1. The van der Waals surface area contributed by atoms with Gasteiger partial charge in [-0.05, 0) is 25.7 Å². The van der Waals surface area contributed by atoms with E-state index < -0.39 is 0 Å². The predicted molar refractivity (Wildman–Crippen MR) is 73.0 cm³/mol. The van der Waals surface area contributed by atoms with Gasteiger partial charge in [0.05, 0.1) is 4.92 Å². The average Bonchev–Trinajstić information content (AvgIpc) is 2.93. The molecular formula is C15H19NO3. The van der Waals surface area contributed by atoms with Gasteiger partial charge in [-0.15, -0.1) is 0 Å². The SMILES string of the molecule is O=C(CCCc1ccccc1[N+](=O)[O-])C1CCCC1. The molecule has 0 atom stereocenters. The summed E-state index contributed by atoms with van der Waals surface area (Å²) in [5.41, 5.74) is 0.891. The van der Waals surface area contributed by atoms with Crippen LogP contribution < -0.4 is 0 Å². The van der Waals surface area contributed by atoms with E-state index in [1.807, 2.05) is 0 Å². The lowest BCUT2D eigenvalue weighted by molar-refractivity contribution is -0.385. The fraction of sp³-hybridized carbons (Fsp3) is 0.533. The zero-order valence-electron chi connectivity index (χ0n) is 11.0. The van der Waals surface area contributed by atoms with Crippen molar-refractivity contribution < 1.29 is 9.72 Å². The minimum atomic E-state index is -0.353. The van der Waals surface area contributed by atoms with Crippen LogP contribution in [0.2, 0.25) is 0 Å². The largest absolute Gasteiger partial charge is 0.299 e. The summed E-state index contributed by atoms with van der Waals surface area (Å²) in [5, 5.41) is 10.9. The van der Waals surface area contributed by atoms with Gasteiger partial charge in [0.1, 0.15) is 5.78 Å². The van der Waals surface area contributed by atoms with Crippen molar-refractivity contribution in [3.8, 4) is 0 Å². The maximum atomic E-state index is 11.9. The second-order valence-electron chi connectivity index (χ2n) is 5.19. The average molecular weight is 261 g/mol. The molecule has 1 aliphatic carbocycles. The van der Waals surface area contributed by atoms with Gasteiger partial charge >= 0.3 is 0 Å². The number of aryl methyl sites for hydroxylation is 1. The normalized spacial score (nSPS) is 15.6. The lowest BCUT2D eigenvalue weighted by Gasteiger charge is -2.07. The van der Waals surface area contributed by atoms with Crippen molar-refractivity contribution in [2.75, 3.05) is 0 Å². The summed E-state index contributed by atoms with van der Waals surface area (Å²) < 4.78 is 0. The minimum Gasteiger partial charge on any atom is -0.299 e. The summed E-state index contributed by atoms with van der Waals surface area (Å²) in [4.78, 5) is 22.4. The van der Waals surface area contributed by atoms with Crippen molar-refractivity contribution >= 4 is 11.5 Å². The van der Waals surface area contributed by atoms with Gasteiger partial charge in [0.2, 0.25) is 0 Å². The van der Waals surface area contributed by atoms with E-state index in [0.717, 1.165) is 18.4 Å². The first-order valence-corrected chi connectivity index (χ1v) is 6.93. The van der Waals surface area contributed by atoms with Gasteiger partial charge in [-0.3, -0.25) is 14.9 Å². The van der Waals surface area contributed by atoms with Crippen LogP contribution >= 0.6 is 0 Å². The van der Waals surface area contributed by atoms with Crippen molar-refractivity contribution in [3.63, 3.8) is 0 Å². The summed E-state index contributed by atoms with van der Waals surface area (Å²) >= 11 is 0. The lowest BCUT2D eigenvalue weighted by atomic mass is 9.96. The molecule has 4 nitrogen and oxygen atoms in total. The van der Waals surface area contributed by atoms with Gasteiger partial charge in [-0.25, -0.2) is 0 Å². The highest BCUT2D eigenvalue weighted by molar-refractivity contribution is 5.81. The fourth-order valence-electron chi connectivity index (χ4n) is 2.81. The third-order valence-corrected chi connectivity index (χ3v) is 3.87. The Labute approximate surface area is 113 Å². The zero-order chi connectivity index (χ0) is 13.7. The van der Waals surface area contributed by atoms with Crippen molar-refractivity contribution in [2.45, 2.75) is 44.9 Å². The van der Waals surface area contributed by atoms with E-state index in [-0.39, 0.29) is 16.5 Å². The van der Waals surface area contributed by atoms with E-state index in [2.05, 4.69) is 0 Å². The van der Waals surface area contributed by atoms with Gasteiger partial charge in [0, 0.05) is 24.0 Å². The molecule has 102 valence electrons. The van der Waals surface area contributed by atoms with Crippen LogP contribution in [0.4, 0.5) is 5.69 Å². The van der Waals surface area contributed by atoms with E-state index in [4.69, 9.17) is 0 Å². The summed E-state index contributed by atoms with van der Waals surface area (Å²) in [7, 11) is 0. The Hall–Kier alpha value is -1.71. The van der Waals surface area contributed by atoms with Crippen LogP contribution in [0.3, 0.4) is 0 Å². The lowest BCUT2D eigenvalue weighted by Crippen LogP contribution is -2.10. The Morgan fingerprint density at radius 2 is 1.95 bits per heavy atom. The Kier molecular flexibility index (Phi) is 4.66. The third kappa shape index (κ3) is 3.63. The molecule has 0 saturated heterocycles. The second kappa shape index (κ2) is 6.45. The van der Waals surface area contributed by atoms with Crippen molar-refractivity contribution in [3.05, 3.63) is 39.9 Å². The number of nitro groups is 1. The quantitative estimate of drug-likeness (QED) is 0.579. The monoisotopic (exact) mass is 261 g/mol. The predicted octanol–water partition coefficient (Wildman–Crippen LogP) is 3.68. The molecule has 0 radical (unpaired) electrons. The number of rotatable bonds is 6. The van der Waals surface area contributed by atoms with Crippen LogP contribution in [0, 0.1) is 16.0 Å². The van der Waals surface area contributed by atoms with Crippen LogP contribution in [-0.4, -0.2) is 10.7 Å². The number of carbonyl (C=O) groups is 1. The molecule has 1 aromatic rings. The molecule has 1 aliphatic rings. The standard InChI is InChI=1S/C15H19NO3/c17-15(13-7-1-2-8-13)11-5-9-12-6-3-4-10-14(12)16(18)19/h3-4,6,10,13H,1-2,5,7-9,11H2. The van der Waals surface area contributed by atoms with E-state index in [1.165, 1.54) is 18.9 Å². The fourth-order valence-corrected chi connectivity index (χ4v) is 2.81. The summed E-state index contributed by atoms with van der Waals surface area (Å²) in [6, 6.07) is 6.78. The molecule has 0 unspecified atom stereocenters. The number of hydrogen-bond acceptors (Lipinski definition) is 3. The van der Waals surface area contributed by atoms with Crippen molar-refractivity contribution in [1.82, 2.24) is 0 Å². The highest BCUT2D eigenvalue weighted by Crippen LogP contribution is 2.27. The maximum absolute atomic E-state index is 11.9. The van der Waals surface area contributed by atoms with Gasteiger partial charge in [0.25, 0.3) is 5.69 Å². The molecular weight excluding hydrogens is 242 g/mol. The van der Waals surface area contributed by atoms with Crippen LogP contribution in [0.25, 0.3) is 0 Å². The van der Waals surface area contributed by atoms with E-state index in [9.17, 15) is 14.9 Å². The molecule has 0 bridgehead atoms. The first kappa shape index (κ1) is 13.7. The Bertz CT molecular complexity index is 464. The molecule has 1 aromatic carbocycles. The molecule has 0 N–H and O–H groups in total. The molecule has 0 aromatic heterocycles. The number of benzene rings is 1. The van der Waals surface area contributed by atoms with Crippen LogP contribution in [0.1, 0.15) is 44.1 Å². The number of Topliss-reactive ketones (excluding diaryl/α,β-unsaturated/α-hetero) is 1. The van der Waals surface area contributed by atoms with Gasteiger partial charge in [0.15, 0.2) is 0 Å². The number of carbonyl (C=O) groups excluding carboxylic acids is 1. The summed E-state index contributed by atoms with van der Waals surface area (Å²) in [6.45, 7) is 0. The van der Waals surface area contributed by atoms with Gasteiger partial charge < -0.3 is 0 Å². The molecule has 2 rings (SSSR count). The number of nitro benzene ring substituents is 1. The van der Waals surface area contributed by atoms with Gasteiger partial charge in [-0.2, -0.15) is 0 Å². The smallest absolute Gasteiger partial charge is 0.272 e. The van der Waals surface area contributed by atoms with Crippen molar-refractivity contribution in [1.29, 1.82) is 0 Å². The minimum absolute atomic E-state index is 0.163. The highest BCUT2D eigenvalue weighted by Gasteiger charge is 2.22. The number of ketones is 1. The Morgan fingerprint density at radius 1 is 1.26 bits per heavy atom. The van der Waals surface area contributed by atoms with Crippen LogP contribution in [0.5, 0.6) is 0 Å².